The maximum Gasteiger partial charge on any atom is 0.259 e. The molecule has 0 radical (unpaired) electrons. The highest BCUT2D eigenvalue weighted by atomic mass is 16.2. The van der Waals surface area contributed by atoms with Crippen molar-refractivity contribution in [1.29, 1.82) is 0 Å². The lowest BCUT2D eigenvalue weighted by Crippen LogP contribution is -2.12. The molecule has 0 saturated carbocycles. The number of rotatable bonds is 3. The number of hydrogen-bond acceptors (Lipinski definition) is 4. The summed E-state index contributed by atoms with van der Waals surface area (Å²) in [5.74, 6) is -1.34. The lowest BCUT2D eigenvalue weighted by molar-refractivity contribution is -0.110. The van der Waals surface area contributed by atoms with Gasteiger partial charge in [0.05, 0.1) is 11.8 Å². The maximum absolute atomic E-state index is 12.5. The molecule has 1 aliphatic rings. The zero-order valence-corrected chi connectivity index (χ0v) is 11.9. The van der Waals surface area contributed by atoms with E-state index < -0.39 is 11.8 Å². The van der Waals surface area contributed by atoms with Gasteiger partial charge < -0.3 is 16.2 Å². The molecule has 4 N–H and O–H groups in total. The quantitative estimate of drug-likeness (QED) is 0.457. The number of primary amides is 1. The minimum atomic E-state index is -0.612. The van der Waals surface area contributed by atoms with Gasteiger partial charge in [-0.2, -0.15) is 0 Å². The van der Waals surface area contributed by atoms with Gasteiger partial charge >= 0.3 is 0 Å². The summed E-state index contributed by atoms with van der Waals surface area (Å²) in [6.45, 7) is 0. The molecule has 3 rings (SSSR count). The third kappa shape index (κ3) is 2.46. The van der Waals surface area contributed by atoms with Crippen LogP contribution >= 0.6 is 0 Å². The van der Waals surface area contributed by atoms with Crippen LogP contribution in [0.3, 0.4) is 0 Å². The van der Waals surface area contributed by atoms with Gasteiger partial charge in [0, 0.05) is 27.9 Å². The third-order valence-corrected chi connectivity index (χ3v) is 3.60. The molecule has 0 aromatic heterocycles. The van der Waals surface area contributed by atoms with Crippen LogP contribution in [-0.2, 0) is 4.79 Å². The number of aliphatic hydroxyl groups excluding tert-OH is 1. The number of ketones is 1. The van der Waals surface area contributed by atoms with Crippen molar-refractivity contribution in [1.82, 2.24) is 0 Å². The van der Waals surface area contributed by atoms with E-state index in [-0.39, 0.29) is 16.9 Å². The summed E-state index contributed by atoms with van der Waals surface area (Å²) in [4.78, 5) is 35.4. The molecule has 2 aromatic carbocycles. The van der Waals surface area contributed by atoms with Crippen LogP contribution in [0.5, 0.6) is 0 Å². The molecule has 6 heteroatoms. The van der Waals surface area contributed by atoms with Gasteiger partial charge in [-0.3, -0.25) is 14.4 Å². The van der Waals surface area contributed by atoms with Gasteiger partial charge in [0.1, 0.15) is 0 Å². The Morgan fingerprint density at radius 3 is 2.43 bits per heavy atom. The van der Waals surface area contributed by atoms with Crippen LogP contribution in [0, 0.1) is 0 Å². The van der Waals surface area contributed by atoms with E-state index in [0.717, 1.165) is 6.26 Å². The zero-order chi connectivity index (χ0) is 16.6. The predicted molar refractivity (Wildman–Crippen MR) is 84.1 cm³/mol. The number of fused-ring (bicyclic) bond motifs is 1. The van der Waals surface area contributed by atoms with Gasteiger partial charge in [-0.1, -0.05) is 24.3 Å². The molecule has 0 spiro atoms. The zero-order valence-electron chi connectivity index (χ0n) is 11.9. The summed E-state index contributed by atoms with van der Waals surface area (Å²) >= 11 is 0. The molecule has 0 saturated heterocycles. The lowest BCUT2D eigenvalue weighted by Gasteiger charge is -2.05. The molecular formula is C17H12N2O4. The Labute approximate surface area is 131 Å². The molecule has 0 atom stereocenters. The Balaban J connectivity index is 1.99. The average Bonchev–Trinajstić information content (AvgIpc) is 2.88. The highest BCUT2D eigenvalue weighted by molar-refractivity contribution is 6.31. The van der Waals surface area contributed by atoms with Crippen molar-refractivity contribution in [2.45, 2.75) is 0 Å². The van der Waals surface area contributed by atoms with Crippen LogP contribution in [0.15, 0.2) is 48.7 Å². The molecule has 0 aliphatic carbocycles. The number of nitrogens with two attached hydrogens (primary N) is 1. The predicted octanol–water partition coefficient (Wildman–Crippen LogP) is 1.87. The summed E-state index contributed by atoms with van der Waals surface area (Å²) in [7, 11) is 0. The molecule has 1 heterocycles. The van der Waals surface area contributed by atoms with Crippen molar-refractivity contribution in [2.75, 3.05) is 5.32 Å². The fourth-order valence-electron chi connectivity index (χ4n) is 2.44. The van der Waals surface area contributed by atoms with Crippen LogP contribution in [0.25, 0.3) is 5.57 Å². The third-order valence-electron chi connectivity index (χ3n) is 3.60. The summed E-state index contributed by atoms with van der Waals surface area (Å²) < 4.78 is 0. The van der Waals surface area contributed by atoms with Crippen molar-refractivity contribution in [3.63, 3.8) is 0 Å². The Hall–Kier alpha value is -3.41. The number of amides is 2. The number of nitrogens with one attached hydrogen (secondary N) is 1. The Bertz CT molecular complexity index is 884. The van der Waals surface area contributed by atoms with Crippen molar-refractivity contribution >= 4 is 28.9 Å². The SMILES string of the molecule is NC(=O)c1cccc(C(=O)c2ccc3c(c2)NC(=O)C3=CO)c1. The topological polar surface area (TPSA) is 109 Å². The van der Waals surface area contributed by atoms with Crippen molar-refractivity contribution < 1.29 is 19.5 Å². The monoisotopic (exact) mass is 308 g/mol. The minimum Gasteiger partial charge on any atom is -0.515 e. The van der Waals surface area contributed by atoms with Gasteiger partial charge in [-0.15, -0.1) is 0 Å². The number of benzene rings is 2. The van der Waals surface area contributed by atoms with E-state index in [4.69, 9.17) is 10.8 Å². The van der Waals surface area contributed by atoms with Crippen molar-refractivity contribution in [3.8, 4) is 0 Å². The van der Waals surface area contributed by atoms with E-state index >= 15 is 0 Å². The largest absolute Gasteiger partial charge is 0.515 e. The molecule has 114 valence electrons. The number of aliphatic hydroxyl groups is 1. The average molecular weight is 308 g/mol. The Morgan fingerprint density at radius 1 is 1.04 bits per heavy atom. The fraction of sp³-hybridized carbons (Fsp3) is 0. The first-order valence-electron chi connectivity index (χ1n) is 6.76. The lowest BCUT2D eigenvalue weighted by atomic mass is 9.98. The number of carbonyl (C=O) groups is 3. The standard InChI is InChI=1S/C17H12N2O4/c18-16(22)11-3-1-2-9(6-11)15(21)10-4-5-12-13(8-20)17(23)19-14(12)7-10/h1-8,20H,(H2,18,22)(H,19,23). The molecule has 0 bridgehead atoms. The second-order valence-corrected chi connectivity index (χ2v) is 5.03. The van der Waals surface area contributed by atoms with Crippen LogP contribution in [0.1, 0.15) is 31.8 Å². The Kier molecular flexibility index (Phi) is 3.42. The van der Waals surface area contributed by atoms with Crippen molar-refractivity contribution in [2.24, 2.45) is 5.73 Å². The number of hydrogen-bond donors (Lipinski definition) is 3. The van der Waals surface area contributed by atoms with Gasteiger partial charge in [0.15, 0.2) is 5.78 Å². The van der Waals surface area contributed by atoms with E-state index in [9.17, 15) is 14.4 Å². The summed E-state index contributed by atoms with van der Waals surface area (Å²) in [6, 6.07) is 10.8. The molecule has 0 unspecified atom stereocenters. The summed E-state index contributed by atoms with van der Waals surface area (Å²) in [6.07, 6.45) is 0.735. The molecule has 23 heavy (non-hydrogen) atoms. The van der Waals surface area contributed by atoms with Crippen LogP contribution in [-0.4, -0.2) is 22.7 Å². The second-order valence-electron chi connectivity index (χ2n) is 5.03. The first-order chi connectivity index (χ1) is 11.0. The summed E-state index contributed by atoms with van der Waals surface area (Å²) in [5, 5.41) is 11.7. The van der Waals surface area contributed by atoms with Gasteiger partial charge in [0.25, 0.3) is 5.91 Å². The molecule has 2 aromatic rings. The molecule has 6 nitrogen and oxygen atoms in total. The van der Waals surface area contributed by atoms with E-state index in [1.807, 2.05) is 0 Å². The molecule has 2 amide bonds. The highest BCUT2D eigenvalue weighted by Crippen LogP contribution is 2.32. The van der Waals surface area contributed by atoms with E-state index in [1.54, 1.807) is 24.3 Å². The van der Waals surface area contributed by atoms with E-state index in [0.29, 0.717) is 22.4 Å². The molecular weight excluding hydrogens is 296 g/mol. The van der Waals surface area contributed by atoms with Crippen LogP contribution < -0.4 is 11.1 Å². The van der Waals surface area contributed by atoms with Crippen LogP contribution in [0.4, 0.5) is 5.69 Å². The fourth-order valence-corrected chi connectivity index (χ4v) is 2.44. The minimum absolute atomic E-state index is 0.148. The Morgan fingerprint density at radius 2 is 1.74 bits per heavy atom. The van der Waals surface area contributed by atoms with Gasteiger partial charge in [-0.05, 0) is 18.2 Å². The number of carbonyl (C=O) groups excluding carboxylic acids is 3. The first kappa shape index (κ1) is 14.5. The second kappa shape index (κ2) is 5.42. The molecule has 1 aliphatic heterocycles. The van der Waals surface area contributed by atoms with Crippen LogP contribution in [0.2, 0.25) is 0 Å². The molecule has 0 fully saturated rings. The smallest absolute Gasteiger partial charge is 0.259 e. The first-order valence-corrected chi connectivity index (χ1v) is 6.76. The van der Waals surface area contributed by atoms with Crippen molar-refractivity contribution in [3.05, 3.63) is 71.0 Å². The van der Waals surface area contributed by atoms with Gasteiger partial charge in [-0.25, -0.2) is 0 Å². The normalized spacial score (nSPS) is 14.4. The number of anilines is 1. The highest BCUT2D eigenvalue weighted by Gasteiger charge is 2.25. The van der Waals surface area contributed by atoms with Gasteiger partial charge in [0.2, 0.25) is 5.91 Å². The summed E-state index contributed by atoms with van der Waals surface area (Å²) in [5.41, 5.74) is 7.26. The maximum atomic E-state index is 12.5. The van der Waals surface area contributed by atoms with E-state index in [1.165, 1.54) is 18.2 Å². The van der Waals surface area contributed by atoms with E-state index in [2.05, 4.69) is 5.32 Å².